The van der Waals surface area contributed by atoms with Crippen LogP contribution in [0.4, 0.5) is 5.69 Å². The van der Waals surface area contributed by atoms with Crippen LogP contribution in [0.2, 0.25) is 0 Å². The first-order chi connectivity index (χ1) is 8.34. The number of fused-ring (bicyclic) bond motifs is 1. The zero-order valence-electron chi connectivity index (χ0n) is 11.0. The Morgan fingerprint density at radius 3 is 2.61 bits per heavy atom. The lowest BCUT2D eigenvalue weighted by Crippen LogP contribution is -2.15. The average molecular weight is 267 g/mol. The van der Waals surface area contributed by atoms with Crippen molar-refractivity contribution in [1.82, 2.24) is 9.55 Å². The van der Waals surface area contributed by atoms with Crippen LogP contribution in [0, 0.1) is 13.8 Å². The minimum Gasteiger partial charge on any atom is -0.331 e. The van der Waals surface area contributed by atoms with Gasteiger partial charge < -0.3 is 4.57 Å². The molecule has 0 amide bonds. The van der Waals surface area contributed by atoms with E-state index in [1.807, 2.05) is 37.6 Å². The first kappa shape index (κ1) is 12.9. The number of sulfonamides is 1. The lowest BCUT2D eigenvalue weighted by molar-refractivity contribution is 0.602. The average Bonchev–Trinajstić information content (AvgIpc) is 2.56. The Morgan fingerprint density at radius 1 is 1.33 bits per heavy atom. The maximum Gasteiger partial charge on any atom is 0.232 e. The number of hydrogen-bond donors (Lipinski definition) is 1. The van der Waals surface area contributed by atoms with E-state index in [1.54, 1.807) is 6.92 Å². The van der Waals surface area contributed by atoms with E-state index in [-0.39, 0.29) is 5.75 Å². The molecule has 0 unspecified atom stereocenters. The van der Waals surface area contributed by atoms with Gasteiger partial charge in [-0.3, -0.25) is 4.72 Å². The molecule has 1 heterocycles. The van der Waals surface area contributed by atoms with Crippen molar-refractivity contribution in [1.29, 1.82) is 0 Å². The summed E-state index contributed by atoms with van der Waals surface area (Å²) in [5.74, 6) is 0.904. The number of rotatable bonds is 3. The fourth-order valence-corrected chi connectivity index (χ4v) is 2.50. The van der Waals surface area contributed by atoms with Crippen molar-refractivity contribution in [3.8, 4) is 0 Å². The van der Waals surface area contributed by atoms with Crippen molar-refractivity contribution in [3.63, 3.8) is 0 Å². The molecule has 0 spiro atoms. The number of hydrogen-bond acceptors (Lipinski definition) is 3. The molecule has 0 radical (unpaired) electrons. The molecule has 0 aliphatic carbocycles. The van der Waals surface area contributed by atoms with Crippen LogP contribution >= 0.6 is 0 Å². The summed E-state index contributed by atoms with van der Waals surface area (Å²) in [7, 11) is -1.36. The number of nitrogens with one attached hydrogen (secondary N) is 1. The second kappa shape index (κ2) is 4.28. The fraction of sp³-hybridized carbons (Fsp3) is 0.417. The van der Waals surface area contributed by atoms with Gasteiger partial charge in [-0.25, -0.2) is 13.4 Å². The van der Waals surface area contributed by atoms with E-state index in [1.165, 1.54) is 0 Å². The first-order valence-corrected chi connectivity index (χ1v) is 7.43. The molecular formula is C12H17N3O2S. The van der Waals surface area contributed by atoms with Gasteiger partial charge in [0.05, 0.1) is 17.0 Å². The number of imidazole rings is 1. The highest BCUT2D eigenvalue weighted by molar-refractivity contribution is 7.92. The van der Waals surface area contributed by atoms with Gasteiger partial charge in [0.25, 0.3) is 0 Å². The number of aromatic nitrogens is 2. The van der Waals surface area contributed by atoms with Gasteiger partial charge in [-0.15, -0.1) is 0 Å². The Morgan fingerprint density at radius 2 is 2.00 bits per heavy atom. The van der Waals surface area contributed by atoms with E-state index in [4.69, 9.17) is 0 Å². The van der Waals surface area contributed by atoms with Crippen LogP contribution in [0.25, 0.3) is 11.0 Å². The Labute approximate surface area is 107 Å². The van der Waals surface area contributed by atoms with Crippen molar-refractivity contribution in [3.05, 3.63) is 23.5 Å². The van der Waals surface area contributed by atoms with Gasteiger partial charge >= 0.3 is 0 Å². The van der Waals surface area contributed by atoms with Gasteiger partial charge in [0.15, 0.2) is 0 Å². The van der Waals surface area contributed by atoms with Gasteiger partial charge in [-0.05, 0) is 38.5 Å². The summed E-state index contributed by atoms with van der Waals surface area (Å²) in [6.07, 6.45) is 0. The van der Waals surface area contributed by atoms with Crippen LogP contribution in [0.15, 0.2) is 12.1 Å². The van der Waals surface area contributed by atoms with Gasteiger partial charge in [0, 0.05) is 7.05 Å². The smallest absolute Gasteiger partial charge is 0.232 e. The zero-order chi connectivity index (χ0) is 13.5. The number of aryl methyl sites for hydroxylation is 3. The third-order valence-electron chi connectivity index (χ3n) is 3.00. The van der Waals surface area contributed by atoms with E-state index in [0.717, 1.165) is 16.9 Å². The molecule has 0 aliphatic rings. The number of anilines is 1. The molecule has 0 saturated carbocycles. The molecule has 0 fully saturated rings. The Hall–Kier alpha value is -1.56. The van der Waals surface area contributed by atoms with Crippen LogP contribution in [-0.4, -0.2) is 23.7 Å². The fourth-order valence-electron chi connectivity index (χ4n) is 1.86. The first-order valence-electron chi connectivity index (χ1n) is 5.78. The molecule has 98 valence electrons. The van der Waals surface area contributed by atoms with Crippen molar-refractivity contribution < 1.29 is 8.42 Å². The predicted octanol–water partition coefficient (Wildman–Crippen LogP) is 1.95. The standard InChI is InChI=1S/C12H17N3O2S/c1-5-18(16,17)14-10-6-8(2)7-11-12(10)13-9(3)15(11)4/h6-7,14H,5H2,1-4H3. The summed E-state index contributed by atoms with van der Waals surface area (Å²) in [6, 6.07) is 3.81. The molecule has 0 bridgehead atoms. The molecule has 0 saturated heterocycles. The molecule has 0 atom stereocenters. The molecule has 5 nitrogen and oxygen atoms in total. The quantitative estimate of drug-likeness (QED) is 0.924. The van der Waals surface area contributed by atoms with Crippen LogP contribution in [0.1, 0.15) is 18.3 Å². The summed E-state index contributed by atoms with van der Waals surface area (Å²) in [4.78, 5) is 4.41. The lowest BCUT2D eigenvalue weighted by Gasteiger charge is -2.08. The molecule has 2 aromatic rings. The normalized spacial score (nSPS) is 12.0. The minimum atomic E-state index is -3.28. The molecule has 1 aromatic carbocycles. The summed E-state index contributed by atoms with van der Waals surface area (Å²) in [6.45, 7) is 5.44. The monoisotopic (exact) mass is 267 g/mol. The van der Waals surface area contributed by atoms with Crippen molar-refractivity contribution in [2.45, 2.75) is 20.8 Å². The Balaban J connectivity index is 2.67. The molecule has 2 rings (SSSR count). The van der Waals surface area contributed by atoms with Crippen molar-refractivity contribution >= 4 is 26.7 Å². The largest absolute Gasteiger partial charge is 0.331 e. The van der Waals surface area contributed by atoms with E-state index < -0.39 is 10.0 Å². The third-order valence-corrected chi connectivity index (χ3v) is 4.29. The summed E-state index contributed by atoms with van der Waals surface area (Å²) in [5.41, 5.74) is 3.17. The lowest BCUT2D eigenvalue weighted by atomic mass is 10.2. The van der Waals surface area contributed by atoms with Gasteiger partial charge in [-0.2, -0.15) is 0 Å². The van der Waals surface area contributed by atoms with Gasteiger partial charge in [-0.1, -0.05) is 0 Å². The highest BCUT2D eigenvalue weighted by Gasteiger charge is 2.14. The molecule has 0 aliphatic heterocycles. The van der Waals surface area contributed by atoms with Crippen molar-refractivity contribution in [2.24, 2.45) is 7.05 Å². The van der Waals surface area contributed by atoms with Gasteiger partial charge in [0.2, 0.25) is 10.0 Å². The number of benzene rings is 1. The van der Waals surface area contributed by atoms with Crippen LogP contribution in [0.5, 0.6) is 0 Å². The van der Waals surface area contributed by atoms with E-state index in [2.05, 4.69) is 9.71 Å². The molecule has 1 N–H and O–H groups in total. The molecule has 1 aromatic heterocycles. The molecule has 6 heteroatoms. The molecule has 18 heavy (non-hydrogen) atoms. The third kappa shape index (κ3) is 2.20. The Bertz CT molecular complexity index is 702. The summed E-state index contributed by atoms with van der Waals surface area (Å²) < 4.78 is 27.9. The molecular weight excluding hydrogens is 250 g/mol. The minimum absolute atomic E-state index is 0.0499. The maximum atomic E-state index is 11.7. The topological polar surface area (TPSA) is 64.0 Å². The highest BCUT2D eigenvalue weighted by atomic mass is 32.2. The van der Waals surface area contributed by atoms with Crippen LogP contribution in [-0.2, 0) is 17.1 Å². The second-order valence-electron chi connectivity index (χ2n) is 4.40. The SMILES string of the molecule is CCS(=O)(=O)Nc1cc(C)cc2c1nc(C)n2C. The summed E-state index contributed by atoms with van der Waals surface area (Å²) in [5, 5.41) is 0. The zero-order valence-corrected chi connectivity index (χ0v) is 11.8. The highest BCUT2D eigenvalue weighted by Crippen LogP contribution is 2.26. The number of nitrogens with zero attached hydrogens (tertiary/aromatic N) is 2. The van der Waals surface area contributed by atoms with Crippen LogP contribution in [0.3, 0.4) is 0 Å². The van der Waals surface area contributed by atoms with E-state index in [0.29, 0.717) is 11.2 Å². The predicted molar refractivity (Wildman–Crippen MR) is 73.3 cm³/mol. The van der Waals surface area contributed by atoms with Crippen LogP contribution < -0.4 is 4.72 Å². The maximum absolute atomic E-state index is 11.7. The van der Waals surface area contributed by atoms with Gasteiger partial charge in [0.1, 0.15) is 11.3 Å². The second-order valence-corrected chi connectivity index (χ2v) is 6.41. The summed E-state index contributed by atoms with van der Waals surface area (Å²) >= 11 is 0. The van der Waals surface area contributed by atoms with Crippen molar-refractivity contribution in [2.75, 3.05) is 10.5 Å². The van der Waals surface area contributed by atoms with E-state index >= 15 is 0 Å². The van der Waals surface area contributed by atoms with E-state index in [9.17, 15) is 8.42 Å². The Kier molecular flexibility index (Phi) is 3.06.